The van der Waals surface area contributed by atoms with Crippen LogP contribution in [0.1, 0.15) is 0 Å². The summed E-state index contributed by atoms with van der Waals surface area (Å²) in [5.41, 5.74) is 0. The fraction of sp³-hybridized carbons (Fsp3) is 0.286. The lowest BCUT2D eigenvalue weighted by Gasteiger charge is -2.27. The molecule has 0 aromatic heterocycles. The number of ether oxygens (including phenoxy) is 8. The average molecular weight is 705 g/mol. The minimum Gasteiger partial charge on any atom is -0.491 e. The number of epoxide rings is 1. The summed E-state index contributed by atoms with van der Waals surface area (Å²) >= 11 is 0. The predicted octanol–water partition coefficient (Wildman–Crippen LogP) is 6.34. The van der Waals surface area contributed by atoms with Crippen LogP contribution < -0.4 is 28.4 Å². The van der Waals surface area contributed by atoms with Crippen LogP contribution in [0.3, 0.4) is 0 Å². The van der Waals surface area contributed by atoms with E-state index in [1.54, 1.807) is 0 Å². The maximum atomic E-state index is 10.6. The number of fused-ring (bicyclic) bond motifs is 3. The van der Waals surface area contributed by atoms with Crippen LogP contribution in [0.5, 0.6) is 34.5 Å². The van der Waals surface area contributed by atoms with Crippen molar-refractivity contribution < 1.29 is 48.1 Å². The molecule has 2 heterocycles. The van der Waals surface area contributed by atoms with Crippen molar-refractivity contribution in [3.63, 3.8) is 0 Å². The van der Waals surface area contributed by atoms with E-state index in [0.717, 1.165) is 50.4 Å². The summed E-state index contributed by atoms with van der Waals surface area (Å²) < 4.78 is 46.0. The second-order valence-corrected chi connectivity index (χ2v) is 13.0. The normalized spacial score (nSPS) is 16.6. The van der Waals surface area contributed by atoms with Crippen LogP contribution in [-0.4, -0.2) is 87.5 Å². The summed E-state index contributed by atoms with van der Waals surface area (Å²) in [6.45, 7) is 2.78. The quantitative estimate of drug-likeness (QED) is 0.104. The zero-order chi connectivity index (χ0) is 35.3. The Bertz CT molecular complexity index is 2140. The third kappa shape index (κ3) is 8.43. The second-order valence-electron chi connectivity index (χ2n) is 13.0. The topological polar surface area (TPSA) is 118 Å². The molecule has 3 atom stereocenters. The Morgan fingerprint density at radius 2 is 1.00 bits per heavy atom. The van der Waals surface area contributed by atoms with E-state index < -0.39 is 12.2 Å². The van der Waals surface area contributed by atoms with Gasteiger partial charge in [-0.05, 0) is 94.3 Å². The molecule has 0 bridgehead atoms. The average Bonchev–Trinajstić information content (AvgIpc) is 3.99. The molecule has 8 rings (SSSR count). The number of aliphatic hydroxyl groups is 2. The molecule has 0 aliphatic carbocycles. The van der Waals surface area contributed by atoms with Crippen LogP contribution >= 0.6 is 0 Å². The van der Waals surface area contributed by atoms with Crippen molar-refractivity contribution in [2.45, 2.75) is 24.4 Å². The van der Waals surface area contributed by atoms with Gasteiger partial charge in [-0.15, -0.1) is 0 Å². The Kier molecular flexibility index (Phi) is 10.1. The lowest BCUT2D eigenvalue weighted by Crippen LogP contribution is -2.38. The fourth-order valence-corrected chi connectivity index (χ4v) is 5.93. The van der Waals surface area contributed by atoms with Crippen molar-refractivity contribution in [3.8, 4) is 34.5 Å². The first-order chi connectivity index (χ1) is 25.5. The van der Waals surface area contributed by atoms with Crippen molar-refractivity contribution in [3.05, 3.63) is 109 Å². The van der Waals surface area contributed by atoms with E-state index in [0.29, 0.717) is 42.8 Å². The van der Waals surface area contributed by atoms with Gasteiger partial charge in [0.15, 0.2) is 0 Å². The van der Waals surface area contributed by atoms with Gasteiger partial charge in [-0.3, -0.25) is 0 Å². The van der Waals surface area contributed by atoms with E-state index in [9.17, 15) is 10.2 Å². The summed E-state index contributed by atoms with van der Waals surface area (Å²) in [5.74, 6) is 4.15. The maximum absolute atomic E-state index is 10.6. The van der Waals surface area contributed by atoms with Crippen molar-refractivity contribution in [2.24, 2.45) is 0 Å². The summed E-state index contributed by atoms with van der Waals surface area (Å²) in [4.78, 5) is 0. The minimum atomic E-state index is -0.841. The van der Waals surface area contributed by atoms with Gasteiger partial charge >= 0.3 is 0 Å². The van der Waals surface area contributed by atoms with E-state index in [2.05, 4.69) is 0 Å². The Morgan fingerprint density at radius 1 is 0.519 bits per heavy atom. The molecule has 2 saturated heterocycles. The van der Waals surface area contributed by atoms with Crippen molar-refractivity contribution in [1.82, 2.24) is 0 Å². The van der Waals surface area contributed by atoms with Crippen molar-refractivity contribution >= 4 is 32.3 Å². The molecule has 52 heavy (non-hydrogen) atoms. The highest BCUT2D eigenvalue weighted by Crippen LogP contribution is 2.32. The summed E-state index contributed by atoms with van der Waals surface area (Å²) in [5, 5.41) is 27.1. The number of hydrogen-bond acceptors (Lipinski definition) is 10. The summed E-state index contributed by atoms with van der Waals surface area (Å²) in [6.07, 6.45) is -1.41. The zero-order valence-corrected chi connectivity index (χ0v) is 28.5. The molecule has 2 aliphatic rings. The first-order valence-corrected chi connectivity index (χ1v) is 17.5. The largest absolute Gasteiger partial charge is 0.491 e. The molecule has 0 spiro atoms. The molecule has 2 N–H and O–H groups in total. The van der Waals surface area contributed by atoms with Crippen LogP contribution in [0.2, 0.25) is 0 Å². The summed E-state index contributed by atoms with van der Waals surface area (Å²) in [7, 11) is 0. The first kappa shape index (κ1) is 33.9. The van der Waals surface area contributed by atoms with Crippen LogP contribution in [0, 0.1) is 0 Å². The van der Waals surface area contributed by atoms with Gasteiger partial charge in [0.05, 0.1) is 19.8 Å². The second kappa shape index (κ2) is 15.5. The van der Waals surface area contributed by atoms with Crippen LogP contribution in [0.15, 0.2) is 109 Å². The Morgan fingerprint density at radius 3 is 1.50 bits per heavy atom. The molecule has 6 aromatic rings. The van der Waals surface area contributed by atoms with Gasteiger partial charge in [0.1, 0.15) is 91.9 Å². The number of rotatable bonds is 17. The van der Waals surface area contributed by atoms with Gasteiger partial charge in [0.25, 0.3) is 0 Å². The van der Waals surface area contributed by atoms with E-state index in [1.807, 2.05) is 109 Å². The van der Waals surface area contributed by atoms with Crippen LogP contribution in [-0.2, 0) is 9.47 Å². The van der Waals surface area contributed by atoms with Gasteiger partial charge in [-0.25, -0.2) is 0 Å². The third-order valence-corrected chi connectivity index (χ3v) is 8.90. The lowest BCUT2D eigenvalue weighted by molar-refractivity contribution is -0.0791. The van der Waals surface area contributed by atoms with E-state index in [1.165, 1.54) is 0 Å². The predicted molar refractivity (Wildman–Crippen MR) is 196 cm³/mol. The van der Waals surface area contributed by atoms with Gasteiger partial charge < -0.3 is 48.1 Å². The van der Waals surface area contributed by atoms with Crippen molar-refractivity contribution in [1.29, 1.82) is 0 Å². The summed E-state index contributed by atoms with van der Waals surface area (Å²) in [6, 6.07) is 34.8. The molecule has 268 valence electrons. The fourth-order valence-electron chi connectivity index (χ4n) is 5.93. The molecule has 0 radical (unpaired) electrons. The standard InChI is InChI=1S/C42H40O10/c43-31(21-48-35-11-13-39-28(15-35)3-1-5-41(39)51-26-37-25-50-37)19-46-33-9-7-27-8-10-34(18-30(27)17-33)47-20-32(44)22-49-36-12-14-40-29(16-36)4-2-6-42(40)52-38-23-45-24-38/h1-18,31-32,37-38,43-44H,19-26H2. The molecule has 0 amide bonds. The van der Waals surface area contributed by atoms with E-state index in [4.69, 9.17) is 37.9 Å². The maximum Gasteiger partial charge on any atom is 0.145 e. The zero-order valence-electron chi connectivity index (χ0n) is 28.5. The van der Waals surface area contributed by atoms with Crippen molar-refractivity contribution in [2.75, 3.05) is 52.9 Å². The SMILES string of the molecule is OC(COc1ccc2ccc(OCC(O)COc3ccc4c(OC5COC5)cccc4c3)cc2c1)COc1ccc2c(OCC3CO3)cccc2c1. The molecule has 2 fully saturated rings. The molecule has 3 unspecified atom stereocenters. The van der Waals surface area contributed by atoms with Crippen LogP contribution in [0.25, 0.3) is 32.3 Å². The highest BCUT2D eigenvalue weighted by molar-refractivity contribution is 5.90. The van der Waals surface area contributed by atoms with E-state index >= 15 is 0 Å². The highest BCUT2D eigenvalue weighted by atomic mass is 16.6. The van der Waals surface area contributed by atoms with Crippen LogP contribution in [0.4, 0.5) is 0 Å². The Hall–Kier alpha value is -5.26. The number of aliphatic hydroxyl groups excluding tert-OH is 2. The van der Waals surface area contributed by atoms with Gasteiger partial charge in [-0.1, -0.05) is 36.4 Å². The van der Waals surface area contributed by atoms with E-state index in [-0.39, 0.29) is 38.6 Å². The Labute approximate surface area is 300 Å². The molecular weight excluding hydrogens is 664 g/mol. The lowest BCUT2D eigenvalue weighted by atomic mass is 10.1. The molecular formula is C42H40O10. The highest BCUT2D eigenvalue weighted by Gasteiger charge is 2.23. The number of benzene rings is 6. The molecule has 2 aliphatic heterocycles. The smallest absolute Gasteiger partial charge is 0.145 e. The number of hydrogen-bond donors (Lipinski definition) is 2. The first-order valence-electron chi connectivity index (χ1n) is 17.5. The molecule has 10 nitrogen and oxygen atoms in total. The molecule has 0 saturated carbocycles. The monoisotopic (exact) mass is 704 g/mol. The third-order valence-electron chi connectivity index (χ3n) is 8.90. The van der Waals surface area contributed by atoms with Gasteiger partial charge in [-0.2, -0.15) is 0 Å². The minimum absolute atomic E-state index is 0.0603. The van der Waals surface area contributed by atoms with Gasteiger partial charge in [0.2, 0.25) is 0 Å². The molecule has 6 aromatic carbocycles. The van der Waals surface area contributed by atoms with Gasteiger partial charge in [0, 0.05) is 10.8 Å². The Balaban J connectivity index is 0.798. The molecule has 10 heteroatoms.